The first-order valence-corrected chi connectivity index (χ1v) is 6.30. The van der Waals surface area contributed by atoms with E-state index >= 15 is 0 Å². The summed E-state index contributed by atoms with van der Waals surface area (Å²) in [6.45, 7) is 3.85. The zero-order valence-corrected chi connectivity index (χ0v) is 11.2. The number of hydrogen-bond acceptors (Lipinski definition) is 3. The maximum absolute atomic E-state index is 13.2. The minimum atomic E-state index is -0.257. The fraction of sp³-hybridized carbons (Fsp3) is 0.357. The molecule has 1 N–H and O–H groups in total. The van der Waals surface area contributed by atoms with Crippen LogP contribution in [-0.2, 0) is 19.7 Å². The number of imidazole rings is 1. The Bertz CT molecular complexity index is 539. The second-order valence-corrected chi connectivity index (χ2v) is 4.20. The molecule has 0 atom stereocenters. The van der Waals surface area contributed by atoms with Crippen LogP contribution in [0.5, 0.6) is 5.75 Å². The van der Waals surface area contributed by atoms with Crippen LogP contribution in [0.3, 0.4) is 0 Å². The van der Waals surface area contributed by atoms with Gasteiger partial charge in [-0.05, 0) is 32.2 Å². The standard InChI is InChI=1S/C14H18FN3O/c1-3-18-7-6-17-14(18)10-19-13-5-4-12(15)8-11(13)9-16-2/h4-8,16H,3,9-10H2,1-2H3. The average Bonchev–Trinajstić information content (AvgIpc) is 2.85. The highest BCUT2D eigenvalue weighted by atomic mass is 19.1. The highest BCUT2D eigenvalue weighted by Crippen LogP contribution is 2.20. The van der Waals surface area contributed by atoms with E-state index in [1.54, 1.807) is 12.3 Å². The van der Waals surface area contributed by atoms with Gasteiger partial charge in [0.25, 0.3) is 0 Å². The molecule has 0 amide bonds. The number of aryl methyl sites for hydroxylation is 1. The first-order chi connectivity index (χ1) is 9.24. The molecule has 0 spiro atoms. The Morgan fingerprint density at radius 3 is 3.00 bits per heavy atom. The van der Waals surface area contributed by atoms with Gasteiger partial charge in [0, 0.05) is 31.0 Å². The summed E-state index contributed by atoms with van der Waals surface area (Å²) in [6.07, 6.45) is 3.67. The highest BCUT2D eigenvalue weighted by Gasteiger charge is 2.07. The third-order valence-corrected chi connectivity index (χ3v) is 2.89. The van der Waals surface area contributed by atoms with Gasteiger partial charge in [0.1, 0.15) is 24.0 Å². The van der Waals surface area contributed by atoms with Gasteiger partial charge in [-0.2, -0.15) is 0 Å². The van der Waals surface area contributed by atoms with Gasteiger partial charge < -0.3 is 14.6 Å². The van der Waals surface area contributed by atoms with Gasteiger partial charge >= 0.3 is 0 Å². The smallest absolute Gasteiger partial charge is 0.146 e. The SMILES string of the molecule is CCn1ccnc1COc1ccc(F)cc1CNC. The van der Waals surface area contributed by atoms with Gasteiger partial charge in [0.05, 0.1) is 0 Å². The Balaban J connectivity index is 2.10. The van der Waals surface area contributed by atoms with Crippen molar-refractivity contribution >= 4 is 0 Å². The molecule has 1 heterocycles. The Hall–Kier alpha value is -1.88. The Morgan fingerprint density at radius 2 is 2.26 bits per heavy atom. The lowest BCUT2D eigenvalue weighted by atomic mass is 10.2. The van der Waals surface area contributed by atoms with Crippen LogP contribution in [0.15, 0.2) is 30.6 Å². The predicted octanol–water partition coefficient (Wildman–Crippen LogP) is 2.34. The summed E-state index contributed by atoms with van der Waals surface area (Å²) in [5, 5.41) is 3.00. The van der Waals surface area contributed by atoms with Gasteiger partial charge in [-0.1, -0.05) is 0 Å². The topological polar surface area (TPSA) is 39.1 Å². The van der Waals surface area contributed by atoms with Crippen molar-refractivity contribution in [2.24, 2.45) is 0 Å². The van der Waals surface area contributed by atoms with Crippen molar-refractivity contribution in [3.05, 3.63) is 47.8 Å². The lowest BCUT2D eigenvalue weighted by Crippen LogP contribution is -2.10. The summed E-state index contributed by atoms with van der Waals surface area (Å²) in [7, 11) is 1.82. The minimum Gasteiger partial charge on any atom is -0.485 e. The molecule has 0 aliphatic rings. The van der Waals surface area contributed by atoms with E-state index in [0.717, 1.165) is 17.9 Å². The monoisotopic (exact) mass is 263 g/mol. The average molecular weight is 263 g/mol. The molecule has 0 aliphatic carbocycles. The largest absolute Gasteiger partial charge is 0.485 e. The van der Waals surface area contributed by atoms with E-state index in [9.17, 15) is 4.39 Å². The van der Waals surface area contributed by atoms with E-state index in [4.69, 9.17) is 4.74 Å². The summed E-state index contributed by atoms with van der Waals surface area (Å²) in [4.78, 5) is 4.24. The van der Waals surface area contributed by atoms with Crippen molar-refractivity contribution in [1.29, 1.82) is 0 Å². The highest BCUT2D eigenvalue weighted by molar-refractivity contribution is 5.34. The molecule has 2 rings (SSSR count). The van der Waals surface area contributed by atoms with Gasteiger partial charge in [-0.3, -0.25) is 0 Å². The van der Waals surface area contributed by atoms with E-state index in [2.05, 4.69) is 17.2 Å². The number of rotatable bonds is 6. The van der Waals surface area contributed by atoms with Crippen LogP contribution in [0.2, 0.25) is 0 Å². The number of ether oxygens (including phenoxy) is 1. The molecule has 0 fully saturated rings. The molecule has 0 aliphatic heterocycles. The number of aromatic nitrogens is 2. The predicted molar refractivity (Wildman–Crippen MR) is 71.4 cm³/mol. The first kappa shape index (κ1) is 13.5. The number of nitrogens with zero attached hydrogens (tertiary/aromatic N) is 2. The Kier molecular flexibility index (Phi) is 4.52. The second kappa shape index (κ2) is 6.33. The quantitative estimate of drug-likeness (QED) is 0.869. The van der Waals surface area contributed by atoms with Crippen LogP contribution in [-0.4, -0.2) is 16.6 Å². The molecule has 0 saturated carbocycles. The number of benzene rings is 1. The molecular weight excluding hydrogens is 245 g/mol. The minimum absolute atomic E-state index is 0.257. The number of halogens is 1. The van der Waals surface area contributed by atoms with Crippen molar-refractivity contribution in [1.82, 2.24) is 14.9 Å². The third kappa shape index (κ3) is 3.32. The molecule has 102 valence electrons. The molecule has 4 nitrogen and oxygen atoms in total. The molecule has 0 unspecified atom stereocenters. The van der Waals surface area contributed by atoms with Gasteiger partial charge in [0.15, 0.2) is 0 Å². The molecule has 0 bridgehead atoms. The molecule has 1 aromatic carbocycles. The van der Waals surface area contributed by atoms with E-state index < -0.39 is 0 Å². The first-order valence-electron chi connectivity index (χ1n) is 6.30. The molecule has 2 aromatic rings. The summed E-state index contributed by atoms with van der Waals surface area (Å²) in [6, 6.07) is 4.54. The lowest BCUT2D eigenvalue weighted by Gasteiger charge is -2.12. The third-order valence-electron chi connectivity index (χ3n) is 2.89. The van der Waals surface area contributed by atoms with Crippen LogP contribution in [0.25, 0.3) is 0 Å². The summed E-state index contributed by atoms with van der Waals surface area (Å²) >= 11 is 0. The lowest BCUT2D eigenvalue weighted by molar-refractivity contribution is 0.286. The van der Waals surface area contributed by atoms with Crippen LogP contribution in [0.4, 0.5) is 4.39 Å². The van der Waals surface area contributed by atoms with Crippen molar-refractivity contribution in [3.63, 3.8) is 0 Å². The normalized spacial score (nSPS) is 10.7. The van der Waals surface area contributed by atoms with Crippen LogP contribution in [0.1, 0.15) is 18.3 Å². The van der Waals surface area contributed by atoms with E-state index in [1.807, 2.05) is 17.8 Å². The van der Waals surface area contributed by atoms with E-state index in [1.165, 1.54) is 12.1 Å². The van der Waals surface area contributed by atoms with Crippen LogP contribution < -0.4 is 10.1 Å². The van der Waals surface area contributed by atoms with Gasteiger partial charge in [-0.25, -0.2) is 9.37 Å². The molecule has 1 aromatic heterocycles. The van der Waals surface area contributed by atoms with Crippen LogP contribution in [0, 0.1) is 5.82 Å². The molecule has 0 saturated heterocycles. The maximum atomic E-state index is 13.2. The molecule has 5 heteroatoms. The van der Waals surface area contributed by atoms with Crippen LogP contribution >= 0.6 is 0 Å². The number of hydrogen-bond donors (Lipinski definition) is 1. The Labute approximate surface area is 112 Å². The molecule has 0 radical (unpaired) electrons. The number of nitrogens with one attached hydrogen (secondary N) is 1. The zero-order valence-electron chi connectivity index (χ0n) is 11.2. The van der Waals surface area contributed by atoms with E-state index in [0.29, 0.717) is 18.9 Å². The van der Waals surface area contributed by atoms with Crippen molar-refractivity contribution in [3.8, 4) is 5.75 Å². The summed E-state index contributed by atoms with van der Waals surface area (Å²) in [5.74, 6) is 1.29. The van der Waals surface area contributed by atoms with Crippen molar-refractivity contribution in [2.45, 2.75) is 26.6 Å². The molecular formula is C14H18FN3O. The summed E-state index contributed by atoms with van der Waals surface area (Å²) < 4.78 is 21.0. The van der Waals surface area contributed by atoms with Crippen molar-refractivity contribution in [2.75, 3.05) is 7.05 Å². The fourth-order valence-electron chi connectivity index (χ4n) is 1.93. The van der Waals surface area contributed by atoms with Crippen molar-refractivity contribution < 1.29 is 9.13 Å². The zero-order chi connectivity index (χ0) is 13.7. The van der Waals surface area contributed by atoms with Gasteiger partial charge in [-0.15, -0.1) is 0 Å². The van der Waals surface area contributed by atoms with Gasteiger partial charge in [0.2, 0.25) is 0 Å². The summed E-state index contributed by atoms with van der Waals surface area (Å²) in [5.41, 5.74) is 0.803. The second-order valence-electron chi connectivity index (χ2n) is 4.20. The maximum Gasteiger partial charge on any atom is 0.146 e. The fourth-order valence-corrected chi connectivity index (χ4v) is 1.93. The van der Waals surface area contributed by atoms with E-state index in [-0.39, 0.29) is 5.82 Å². The Morgan fingerprint density at radius 1 is 1.42 bits per heavy atom. The molecule has 19 heavy (non-hydrogen) atoms.